The van der Waals surface area contributed by atoms with Crippen LogP contribution in [0.5, 0.6) is 0 Å². The lowest BCUT2D eigenvalue weighted by atomic mass is 9.80. The maximum absolute atomic E-state index is 5.94. The van der Waals surface area contributed by atoms with Crippen LogP contribution >= 0.6 is 0 Å². The fraction of sp³-hybridized carbons (Fsp3) is 0.600. The summed E-state index contributed by atoms with van der Waals surface area (Å²) in [5.74, 6) is 1.66. The van der Waals surface area contributed by atoms with Gasteiger partial charge in [-0.05, 0) is 55.7 Å². The Kier molecular flexibility index (Phi) is 3.60. The van der Waals surface area contributed by atoms with Crippen molar-refractivity contribution in [3.05, 3.63) is 23.8 Å². The minimum atomic E-state index is 0.606. The molecule has 2 nitrogen and oxygen atoms in total. The van der Waals surface area contributed by atoms with E-state index in [1.165, 1.54) is 30.5 Å². The van der Waals surface area contributed by atoms with Crippen molar-refractivity contribution in [1.82, 2.24) is 0 Å². The Morgan fingerprint density at radius 3 is 2.41 bits per heavy atom. The van der Waals surface area contributed by atoms with Crippen LogP contribution in [0.4, 0.5) is 11.4 Å². The van der Waals surface area contributed by atoms with Crippen molar-refractivity contribution in [2.24, 2.45) is 11.8 Å². The number of rotatable bonds is 2. The topological polar surface area (TPSA) is 38.0 Å². The van der Waals surface area contributed by atoms with E-state index in [0.717, 1.165) is 17.5 Å². The molecule has 94 valence electrons. The lowest BCUT2D eigenvalue weighted by Gasteiger charge is -2.33. The third-order valence-electron chi connectivity index (χ3n) is 3.91. The van der Waals surface area contributed by atoms with E-state index in [1.807, 2.05) is 12.1 Å². The molecule has 1 aromatic carbocycles. The van der Waals surface area contributed by atoms with Crippen LogP contribution in [0, 0.1) is 18.8 Å². The highest BCUT2D eigenvalue weighted by molar-refractivity contribution is 5.63. The molecule has 3 N–H and O–H groups in total. The summed E-state index contributed by atoms with van der Waals surface area (Å²) in [5, 5.41) is 3.67. The van der Waals surface area contributed by atoms with Crippen molar-refractivity contribution < 1.29 is 0 Å². The van der Waals surface area contributed by atoms with Crippen LogP contribution in [0.1, 0.15) is 38.7 Å². The zero-order chi connectivity index (χ0) is 12.4. The molecule has 1 aliphatic carbocycles. The van der Waals surface area contributed by atoms with Gasteiger partial charge < -0.3 is 11.1 Å². The largest absolute Gasteiger partial charge is 0.398 e. The molecule has 1 aliphatic rings. The smallest absolute Gasteiger partial charge is 0.0392 e. The average molecular weight is 232 g/mol. The normalized spacial score (nSPS) is 29.0. The van der Waals surface area contributed by atoms with Crippen molar-refractivity contribution in [3.8, 4) is 0 Å². The summed E-state index contributed by atoms with van der Waals surface area (Å²) in [6.45, 7) is 6.81. The molecule has 0 saturated heterocycles. The van der Waals surface area contributed by atoms with Gasteiger partial charge in [-0.3, -0.25) is 0 Å². The van der Waals surface area contributed by atoms with Crippen molar-refractivity contribution in [3.63, 3.8) is 0 Å². The van der Waals surface area contributed by atoms with Crippen molar-refractivity contribution in [2.45, 2.75) is 46.1 Å². The van der Waals surface area contributed by atoms with Gasteiger partial charge in [0, 0.05) is 17.4 Å². The third-order valence-corrected chi connectivity index (χ3v) is 3.91. The summed E-state index contributed by atoms with van der Waals surface area (Å²) in [6.07, 6.45) is 3.92. The number of nitrogen functional groups attached to an aromatic ring is 1. The molecule has 0 amide bonds. The Morgan fingerprint density at radius 1 is 1.12 bits per heavy atom. The molecule has 1 aromatic rings. The molecule has 0 heterocycles. The first kappa shape index (κ1) is 12.3. The Bertz CT molecular complexity index is 377. The number of hydrogen-bond acceptors (Lipinski definition) is 2. The molecule has 0 spiro atoms. The molecule has 2 rings (SSSR count). The van der Waals surface area contributed by atoms with E-state index in [-0.39, 0.29) is 0 Å². The predicted octanol–water partition coefficient (Wildman–Crippen LogP) is 3.81. The second kappa shape index (κ2) is 4.99. The number of hydrogen-bond donors (Lipinski definition) is 2. The number of benzene rings is 1. The highest BCUT2D eigenvalue weighted by Gasteiger charge is 2.23. The lowest BCUT2D eigenvalue weighted by molar-refractivity contribution is 0.281. The standard InChI is InChI=1S/C15H24N2/c1-10-7-11(2)9-13(8-10)17-15-6-4-5-14(16)12(15)3/h4-6,10-11,13,17H,7-9,16H2,1-3H3. The molecular weight excluding hydrogens is 208 g/mol. The van der Waals surface area contributed by atoms with E-state index in [4.69, 9.17) is 5.73 Å². The summed E-state index contributed by atoms with van der Waals surface area (Å²) in [7, 11) is 0. The average Bonchev–Trinajstić information content (AvgIpc) is 2.23. The second-order valence-corrected chi connectivity index (χ2v) is 5.78. The first-order valence-corrected chi connectivity index (χ1v) is 6.68. The van der Waals surface area contributed by atoms with Crippen LogP contribution in [0.3, 0.4) is 0 Å². The summed E-state index contributed by atoms with van der Waals surface area (Å²) in [4.78, 5) is 0. The Morgan fingerprint density at radius 2 is 1.76 bits per heavy atom. The minimum absolute atomic E-state index is 0.606. The Labute approximate surface area is 105 Å². The van der Waals surface area contributed by atoms with Crippen LogP contribution in [0.15, 0.2) is 18.2 Å². The SMILES string of the molecule is Cc1c(N)cccc1NC1CC(C)CC(C)C1. The highest BCUT2D eigenvalue weighted by atomic mass is 14.9. The quantitative estimate of drug-likeness (QED) is 0.761. The molecule has 0 aromatic heterocycles. The summed E-state index contributed by atoms with van der Waals surface area (Å²) >= 11 is 0. The van der Waals surface area contributed by atoms with Gasteiger partial charge in [-0.1, -0.05) is 19.9 Å². The van der Waals surface area contributed by atoms with Gasteiger partial charge in [-0.25, -0.2) is 0 Å². The van der Waals surface area contributed by atoms with Crippen molar-refractivity contribution >= 4 is 11.4 Å². The van der Waals surface area contributed by atoms with Gasteiger partial charge in [0.15, 0.2) is 0 Å². The molecule has 1 saturated carbocycles. The van der Waals surface area contributed by atoms with Gasteiger partial charge in [0.25, 0.3) is 0 Å². The first-order chi connectivity index (χ1) is 8.06. The van der Waals surface area contributed by atoms with Crippen LogP contribution in [0.25, 0.3) is 0 Å². The van der Waals surface area contributed by atoms with Gasteiger partial charge in [0.1, 0.15) is 0 Å². The molecule has 17 heavy (non-hydrogen) atoms. The van der Waals surface area contributed by atoms with Crippen LogP contribution in [0.2, 0.25) is 0 Å². The van der Waals surface area contributed by atoms with Gasteiger partial charge >= 0.3 is 0 Å². The van der Waals surface area contributed by atoms with Crippen molar-refractivity contribution in [2.75, 3.05) is 11.1 Å². The third kappa shape index (κ3) is 2.93. The fourth-order valence-corrected chi connectivity index (χ4v) is 3.09. The molecule has 2 atom stereocenters. The lowest BCUT2D eigenvalue weighted by Crippen LogP contribution is -2.30. The molecule has 0 radical (unpaired) electrons. The number of nitrogens with one attached hydrogen (secondary N) is 1. The molecule has 0 aliphatic heterocycles. The van der Waals surface area contributed by atoms with E-state index in [0.29, 0.717) is 6.04 Å². The first-order valence-electron chi connectivity index (χ1n) is 6.68. The fourth-order valence-electron chi connectivity index (χ4n) is 3.09. The highest BCUT2D eigenvalue weighted by Crippen LogP contribution is 2.31. The van der Waals surface area contributed by atoms with Crippen LogP contribution in [-0.4, -0.2) is 6.04 Å². The zero-order valence-electron chi connectivity index (χ0n) is 11.2. The van der Waals surface area contributed by atoms with Gasteiger partial charge in [0.2, 0.25) is 0 Å². The summed E-state index contributed by atoms with van der Waals surface area (Å²) < 4.78 is 0. The van der Waals surface area contributed by atoms with Gasteiger partial charge in [0.05, 0.1) is 0 Å². The Hall–Kier alpha value is -1.18. The number of anilines is 2. The van der Waals surface area contributed by atoms with E-state index in [9.17, 15) is 0 Å². The van der Waals surface area contributed by atoms with Gasteiger partial charge in [-0.2, -0.15) is 0 Å². The van der Waals surface area contributed by atoms with E-state index in [2.05, 4.69) is 32.2 Å². The molecule has 1 fully saturated rings. The number of nitrogens with two attached hydrogens (primary N) is 1. The second-order valence-electron chi connectivity index (χ2n) is 5.78. The molecular formula is C15H24N2. The van der Waals surface area contributed by atoms with E-state index < -0.39 is 0 Å². The van der Waals surface area contributed by atoms with Crippen LogP contribution in [-0.2, 0) is 0 Å². The molecule has 0 bridgehead atoms. The summed E-state index contributed by atoms with van der Waals surface area (Å²) in [6, 6.07) is 6.73. The van der Waals surface area contributed by atoms with Crippen LogP contribution < -0.4 is 11.1 Å². The summed E-state index contributed by atoms with van der Waals surface area (Å²) in [5.41, 5.74) is 9.21. The monoisotopic (exact) mass is 232 g/mol. The maximum Gasteiger partial charge on any atom is 0.0392 e. The predicted molar refractivity (Wildman–Crippen MR) is 75.2 cm³/mol. The molecule has 2 heteroatoms. The minimum Gasteiger partial charge on any atom is -0.398 e. The zero-order valence-corrected chi connectivity index (χ0v) is 11.2. The van der Waals surface area contributed by atoms with Crippen molar-refractivity contribution in [1.29, 1.82) is 0 Å². The molecule has 2 unspecified atom stereocenters. The van der Waals surface area contributed by atoms with Gasteiger partial charge in [-0.15, -0.1) is 0 Å². The Balaban J connectivity index is 2.07. The van der Waals surface area contributed by atoms with E-state index in [1.54, 1.807) is 0 Å². The van der Waals surface area contributed by atoms with E-state index >= 15 is 0 Å². The maximum atomic E-state index is 5.94.